The molecule has 122 valence electrons. The van der Waals surface area contributed by atoms with E-state index in [2.05, 4.69) is 0 Å². The summed E-state index contributed by atoms with van der Waals surface area (Å²) in [6, 6.07) is 3.38. The van der Waals surface area contributed by atoms with Crippen molar-refractivity contribution in [3.63, 3.8) is 0 Å². The zero-order valence-corrected chi connectivity index (χ0v) is 17.1. The number of carbonyl (C=O) groups excluding carboxylic acids is 2. The third-order valence-corrected chi connectivity index (χ3v) is 4.74. The van der Waals surface area contributed by atoms with Gasteiger partial charge in [-0.05, 0) is 70.2 Å². The van der Waals surface area contributed by atoms with Crippen LogP contribution in [0.3, 0.4) is 0 Å². The van der Waals surface area contributed by atoms with E-state index in [4.69, 9.17) is 9.47 Å². The minimum Gasteiger partial charge on any atom is -0.462 e. The average Bonchev–Trinajstić information content (AvgIpc) is 2.49. The third kappa shape index (κ3) is 6.02. The van der Waals surface area contributed by atoms with Crippen LogP contribution < -0.4 is 0 Å². The van der Waals surface area contributed by atoms with Crippen molar-refractivity contribution in [3.8, 4) is 0 Å². The van der Waals surface area contributed by atoms with E-state index in [1.165, 1.54) is 0 Å². The smallest absolute Gasteiger partial charge is 0.339 e. The average molecular weight is 530 g/mol. The largest absolute Gasteiger partial charge is 0.462 e. The summed E-state index contributed by atoms with van der Waals surface area (Å²) < 4.78 is 11.8. The molecule has 0 bridgehead atoms. The van der Waals surface area contributed by atoms with Crippen molar-refractivity contribution in [1.29, 1.82) is 0 Å². The summed E-state index contributed by atoms with van der Waals surface area (Å²) in [5.41, 5.74) is 0.984. The van der Waals surface area contributed by atoms with Crippen LogP contribution in [0.4, 0.5) is 0 Å². The van der Waals surface area contributed by atoms with Crippen LogP contribution in [-0.4, -0.2) is 25.2 Å². The van der Waals surface area contributed by atoms with E-state index in [0.29, 0.717) is 31.5 Å². The lowest BCUT2D eigenvalue weighted by molar-refractivity contribution is 0.0483. The molecule has 0 heterocycles. The van der Waals surface area contributed by atoms with Crippen LogP contribution >= 0.6 is 45.2 Å². The van der Waals surface area contributed by atoms with Crippen molar-refractivity contribution in [3.05, 3.63) is 30.4 Å². The lowest BCUT2D eigenvalue weighted by atomic mass is 10.1. The third-order valence-electron chi connectivity index (χ3n) is 2.96. The van der Waals surface area contributed by atoms with Crippen LogP contribution in [0.25, 0.3) is 0 Å². The molecule has 4 nitrogen and oxygen atoms in total. The highest BCUT2D eigenvalue weighted by Gasteiger charge is 2.18. The molecule has 0 N–H and O–H groups in total. The van der Waals surface area contributed by atoms with Crippen molar-refractivity contribution in [2.45, 2.75) is 39.5 Å². The van der Waals surface area contributed by atoms with Crippen LogP contribution in [0.15, 0.2) is 12.1 Å². The minimum atomic E-state index is -0.346. The summed E-state index contributed by atoms with van der Waals surface area (Å²) in [6.07, 6.45) is 3.65. The molecule has 22 heavy (non-hydrogen) atoms. The molecule has 0 aliphatic carbocycles. The lowest BCUT2D eigenvalue weighted by Crippen LogP contribution is -2.13. The summed E-state index contributed by atoms with van der Waals surface area (Å²) in [6.45, 7) is 4.92. The summed E-state index contributed by atoms with van der Waals surface area (Å²) in [4.78, 5) is 24.1. The van der Waals surface area contributed by atoms with Gasteiger partial charge in [0.1, 0.15) is 0 Å². The molecule has 0 aliphatic heterocycles. The Balaban J connectivity index is 2.82. The fourth-order valence-corrected chi connectivity index (χ4v) is 3.01. The van der Waals surface area contributed by atoms with E-state index < -0.39 is 0 Å². The first kappa shape index (κ1) is 19.7. The fourth-order valence-electron chi connectivity index (χ4n) is 1.63. The number of unbranched alkanes of at least 4 members (excludes halogenated alkanes) is 2. The molecular weight excluding hydrogens is 510 g/mol. The molecule has 1 aromatic rings. The second-order valence-corrected chi connectivity index (χ2v) is 7.12. The van der Waals surface area contributed by atoms with E-state index in [1.807, 2.05) is 59.0 Å². The molecule has 0 unspecified atom stereocenters. The summed E-state index contributed by atoms with van der Waals surface area (Å²) in [7, 11) is 0. The fraction of sp³-hybridized carbons (Fsp3) is 0.500. The minimum absolute atomic E-state index is 0.346. The van der Waals surface area contributed by atoms with Gasteiger partial charge in [0, 0.05) is 7.14 Å². The Morgan fingerprint density at radius 2 is 1.23 bits per heavy atom. The van der Waals surface area contributed by atoms with Crippen LogP contribution in [0.2, 0.25) is 0 Å². The van der Waals surface area contributed by atoms with Crippen LogP contribution in [0, 0.1) is 7.14 Å². The van der Waals surface area contributed by atoms with Gasteiger partial charge >= 0.3 is 11.9 Å². The van der Waals surface area contributed by atoms with Crippen LogP contribution in [-0.2, 0) is 9.47 Å². The van der Waals surface area contributed by atoms with Crippen molar-refractivity contribution in [2.75, 3.05) is 13.2 Å². The van der Waals surface area contributed by atoms with Crippen molar-refractivity contribution < 1.29 is 19.1 Å². The van der Waals surface area contributed by atoms with Crippen molar-refractivity contribution >= 4 is 57.1 Å². The van der Waals surface area contributed by atoms with Gasteiger partial charge in [-0.25, -0.2) is 9.59 Å². The summed E-state index contributed by atoms with van der Waals surface area (Å²) >= 11 is 4.09. The molecule has 0 spiro atoms. The van der Waals surface area contributed by atoms with E-state index in [9.17, 15) is 9.59 Å². The predicted molar refractivity (Wildman–Crippen MR) is 102 cm³/mol. The first-order valence-electron chi connectivity index (χ1n) is 7.34. The molecule has 0 saturated heterocycles. The van der Waals surface area contributed by atoms with Gasteiger partial charge in [-0.2, -0.15) is 0 Å². The van der Waals surface area contributed by atoms with E-state index in [1.54, 1.807) is 12.1 Å². The van der Waals surface area contributed by atoms with E-state index in [0.717, 1.165) is 25.7 Å². The molecule has 0 fully saturated rings. The number of benzene rings is 1. The second-order valence-electron chi connectivity index (χ2n) is 4.79. The normalized spacial score (nSPS) is 10.4. The maximum Gasteiger partial charge on any atom is 0.339 e. The zero-order chi connectivity index (χ0) is 16.5. The zero-order valence-electron chi connectivity index (χ0n) is 12.8. The quantitative estimate of drug-likeness (QED) is 0.275. The molecule has 0 amide bonds. The second kappa shape index (κ2) is 10.4. The Morgan fingerprint density at radius 3 is 1.55 bits per heavy atom. The van der Waals surface area contributed by atoms with Gasteiger partial charge in [-0.3, -0.25) is 0 Å². The predicted octanol–water partition coefficient (Wildman–Crippen LogP) is 4.81. The Hall–Kier alpha value is -0.380. The van der Waals surface area contributed by atoms with Gasteiger partial charge in [-0.1, -0.05) is 26.7 Å². The lowest BCUT2D eigenvalue weighted by Gasteiger charge is -2.10. The van der Waals surface area contributed by atoms with Gasteiger partial charge in [-0.15, -0.1) is 0 Å². The highest BCUT2D eigenvalue weighted by Crippen LogP contribution is 2.22. The molecule has 0 saturated carbocycles. The molecule has 0 radical (unpaired) electrons. The molecule has 6 heteroatoms. The van der Waals surface area contributed by atoms with Gasteiger partial charge in [0.25, 0.3) is 0 Å². The van der Waals surface area contributed by atoms with Crippen molar-refractivity contribution in [2.24, 2.45) is 0 Å². The Kier molecular flexibility index (Phi) is 9.30. The first-order valence-corrected chi connectivity index (χ1v) is 9.50. The Labute approximate surface area is 158 Å². The van der Waals surface area contributed by atoms with Crippen molar-refractivity contribution in [1.82, 2.24) is 0 Å². The number of hydrogen-bond acceptors (Lipinski definition) is 4. The molecule has 1 rings (SSSR count). The van der Waals surface area contributed by atoms with E-state index in [-0.39, 0.29) is 11.9 Å². The monoisotopic (exact) mass is 530 g/mol. The van der Waals surface area contributed by atoms with Crippen LogP contribution in [0.5, 0.6) is 0 Å². The molecule has 0 aliphatic rings. The maximum atomic E-state index is 12.0. The number of ether oxygens (including phenoxy) is 2. The van der Waals surface area contributed by atoms with Crippen LogP contribution in [0.1, 0.15) is 60.2 Å². The van der Waals surface area contributed by atoms with Gasteiger partial charge in [0.15, 0.2) is 0 Å². The van der Waals surface area contributed by atoms with Gasteiger partial charge in [0.05, 0.1) is 24.3 Å². The number of rotatable bonds is 8. The number of esters is 2. The SMILES string of the molecule is CCCCOC(=O)c1cc(I)c(C(=O)OCCCC)cc1I. The first-order chi connectivity index (χ1) is 10.5. The molecule has 1 aromatic carbocycles. The highest BCUT2D eigenvalue weighted by atomic mass is 127. The maximum absolute atomic E-state index is 12.0. The summed E-state index contributed by atoms with van der Waals surface area (Å²) in [5.74, 6) is -0.691. The highest BCUT2D eigenvalue weighted by molar-refractivity contribution is 14.1. The Morgan fingerprint density at radius 1 is 0.864 bits per heavy atom. The standard InChI is InChI=1S/C16H20I2O4/c1-3-5-7-21-15(19)11-9-14(18)12(10-13(11)17)16(20)22-8-6-4-2/h9-10H,3-8H2,1-2H3. The molecule has 0 aromatic heterocycles. The van der Waals surface area contributed by atoms with Gasteiger partial charge < -0.3 is 9.47 Å². The van der Waals surface area contributed by atoms with Gasteiger partial charge in [0.2, 0.25) is 0 Å². The number of carbonyl (C=O) groups is 2. The number of hydrogen-bond donors (Lipinski definition) is 0. The number of halogens is 2. The Bertz CT molecular complexity index is 481. The molecule has 0 atom stereocenters. The topological polar surface area (TPSA) is 52.6 Å². The molecular formula is C16H20I2O4. The van der Waals surface area contributed by atoms with E-state index >= 15 is 0 Å². The summed E-state index contributed by atoms with van der Waals surface area (Å²) in [5, 5.41) is 0.